The zero-order valence-corrected chi connectivity index (χ0v) is 13.3. The number of anilines is 2. The summed E-state index contributed by atoms with van der Waals surface area (Å²) in [6, 6.07) is 1.08. The van der Waals surface area contributed by atoms with Gasteiger partial charge < -0.3 is 16.0 Å². The Bertz CT molecular complexity index is 721. The average molecular weight is 322 g/mol. The monoisotopic (exact) mass is 322 g/mol. The molecule has 0 aromatic carbocycles. The molecule has 1 aliphatic rings. The quantitative estimate of drug-likeness (QED) is 0.800. The van der Waals surface area contributed by atoms with E-state index in [9.17, 15) is 8.78 Å². The topological polar surface area (TPSA) is 74.8 Å². The highest BCUT2D eigenvalue weighted by Gasteiger charge is 2.31. The van der Waals surface area contributed by atoms with Gasteiger partial charge in [-0.25, -0.2) is 13.8 Å². The maximum atomic E-state index is 12.7. The zero-order valence-electron chi connectivity index (χ0n) is 13.3. The highest BCUT2D eigenvalue weighted by atomic mass is 19.3. The number of hydrogen-bond acceptors (Lipinski definition) is 6. The predicted octanol–water partition coefficient (Wildman–Crippen LogP) is 2.09. The molecule has 8 heteroatoms. The first-order valence-corrected chi connectivity index (χ1v) is 7.59. The van der Waals surface area contributed by atoms with E-state index in [4.69, 9.17) is 0 Å². The lowest BCUT2D eigenvalue weighted by molar-refractivity contribution is 0.107. The fraction of sp³-hybridized carbons (Fsp3) is 0.533. The summed E-state index contributed by atoms with van der Waals surface area (Å²) in [5, 5.41) is 9.87. The first-order chi connectivity index (χ1) is 11.0. The molecule has 2 unspecified atom stereocenters. The first kappa shape index (κ1) is 15.8. The van der Waals surface area contributed by atoms with Gasteiger partial charge in [0.05, 0.1) is 11.4 Å². The van der Waals surface area contributed by atoms with Crippen molar-refractivity contribution in [2.45, 2.75) is 38.8 Å². The molecule has 2 aromatic heterocycles. The summed E-state index contributed by atoms with van der Waals surface area (Å²) in [5.41, 5.74) is 2.52. The number of hydrogen-bond donors (Lipinski definition) is 3. The molecule has 0 saturated carbocycles. The molecule has 3 heterocycles. The molecule has 0 amide bonds. The van der Waals surface area contributed by atoms with Gasteiger partial charge >= 0.3 is 0 Å². The van der Waals surface area contributed by atoms with Crippen molar-refractivity contribution in [1.82, 2.24) is 20.3 Å². The van der Waals surface area contributed by atoms with Crippen molar-refractivity contribution < 1.29 is 8.78 Å². The van der Waals surface area contributed by atoms with E-state index in [1.54, 1.807) is 7.05 Å². The summed E-state index contributed by atoms with van der Waals surface area (Å²) in [6.45, 7) is 4.36. The van der Waals surface area contributed by atoms with Crippen LogP contribution in [-0.4, -0.2) is 47.1 Å². The second-order valence-corrected chi connectivity index (χ2v) is 5.85. The number of alkyl halides is 2. The van der Waals surface area contributed by atoms with Gasteiger partial charge in [0, 0.05) is 25.3 Å². The highest BCUT2D eigenvalue weighted by molar-refractivity contribution is 5.90. The van der Waals surface area contributed by atoms with Gasteiger partial charge in [0.2, 0.25) is 5.95 Å². The molecule has 3 rings (SSSR count). The molecular weight excluding hydrogens is 302 g/mol. The molecule has 23 heavy (non-hydrogen) atoms. The minimum Gasteiger partial charge on any atom is -0.372 e. The Kier molecular flexibility index (Phi) is 4.25. The van der Waals surface area contributed by atoms with Crippen molar-refractivity contribution in [3.63, 3.8) is 0 Å². The number of aryl methyl sites for hydroxylation is 2. The number of rotatable bonds is 4. The Morgan fingerprint density at radius 3 is 2.70 bits per heavy atom. The molecule has 0 bridgehead atoms. The van der Waals surface area contributed by atoms with E-state index in [-0.39, 0.29) is 6.04 Å². The number of nitrogens with zero attached hydrogens (tertiary/aromatic N) is 3. The Morgan fingerprint density at radius 2 is 2.04 bits per heavy atom. The van der Waals surface area contributed by atoms with Crippen LogP contribution in [0.25, 0.3) is 11.0 Å². The number of nitrogens with one attached hydrogen (secondary N) is 3. The molecule has 2 atom stereocenters. The molecule has 0 aliphatic carbocycles. The smallest absolute Gasteiger partial charge is 0.253 e. The van der Waals surface area contributed by atoms with Crippen molar-refractivity contribution in [1.29, 1.82) is 0 Å². The van der Waals surface area contributed by atoms with Crippen molar-refractivity contribution in [2.24, 2.45) is 0 Å². The summed E-state index contributed by atoms with van der Waals surface area (Å²) in [4.78, 5) is 13.4. The van der Waals surface area contributed by atoms with Crippen LogP contribution in [0.15, 0.2) is 6.07 Å². The predicted molar refractivity (Wildman–Crippen MR) is 86.2 cm³/mol. The SMILES string of the molecule is CNc1nc(NC2CNC(C(F)F)C2)nc2nc(C)cc(C)c12. The fourth-order valence-corrected chi connectivity index (χ4v) is 2.97. The van der Waals surface area contributed by atoms with Crippen molar-refractivity contribution in [3.8, 4) is 0 Å². The molecule has 1 aliphatic heterocycles. The van der Waals surface area contributed by atoms with Crippen LogP contribution in [0.1, 0.15) is 17.7 Å². The van der Waals surface area contributed by atoms with Gasteiger partial charge in [0.25, 0.3) is 6.43 Å². The fourth-order valence-electron chi connectivity index (χ4n) is 2.97. The lowest BCUT2D eigenvalue weighted by Gasteiger charge is -2.15. The Morgan fingerprint density at radius 1 is 1.26 bits per heavy atom. The Hall–Kier alpha value is -2.09. The van der Waals surface area contributed by atoms with Crippen LogP contribution in [0.2, 0.25) is 0 Å². The third-order valence-electron chi connectivity index (χ3n) is 4.03. The summed E-state index contributed by atoms with van der Waals surface area (Å²) in [6.07, 6.45) is -2.02. The van der Waals surface area contributed by atoms with E-state index in [2.05, 4.69) is 30.9 Å². The normalized spacial score (nSPS) is 21.1. The van der Waals surface area contributed by atoms with Crippen molar-refractivity contribution in [3.05, 3.63) is 17.3 Å². The maximum Gasteiger partial charge on any atom is 0.253 e. The van der Waals surface area contributed by atoms with Crippen LogP contribution in [0.4, 0.5) is 20.5 Å². The van der Waals surface area contributed by atoms with Crippen LogP contribution >= 0.6 is 0 Å². The Balaban J connectivity index is 1.90. The van der Waals surface area contributed by atoms with Gasteiger partial charge in [-0.15, -0.1) is 0 Å². The van der Waals surface area contributed by atoms with E-state index in [0.717, 1.165) is 16.6 Å². The highest BCUT2D eigenvalue weighted by Crippen LogP contribution is 2.25. The van der Waals surface area contributed by atoms with E-state index in [1.807, 2.05) is 19.9 Å². The lowest BCUT2D eigenvalue weighted by Crippen LogP contribution is -2.28. The summed E-state index contributed by atoms with van der Waals surface area (Å²) < 4.78 is 25.5. The van der Waals surface area contributed by atoms with Gasteiger partial charge in [-0.05, 0) is 31.9 Å². The van der Waals surface area contributed by atoms with E-state index < -0.39 is 12.5 Å². The third-order valence-corrected chi connectivity index (χ3v) is 4.03. The van der Waals surface area contributed by atoms with Crippen LogP contribution in [0.3, 0.4) is 0 Å². The van der Waals surface area contributed by atoms with E-state index in [0.29, 0.717) is 30.4 Å². The number of pyridine rings is 1. The summed E-state index contributed by atoms with van der Waals surface area (Å²) in [5.74, 6) is 1.08. The second kappa shape index (κ2) is 6.19. The third kappa shape index (κ3) is 3.17. The Labute approximate surface area is 133 Å². The van der Waals surface area contributed by atoms with E-state index in [1.165, 1.54) is 0 Å². The number of fused-ring (bicyclic) bond motifs is 1. The standard InChI is InChI=1S/C15H20F2N6/c1-7-4-8(2)20-14-11(7)13(18-3)22-15(23-14)21-9-5-10(12(16)17)19-6-9/h4,9-10,12,19H,5-6H2,1-3H3,(H2,18,20,21,22,23). The average Bonchev–Trinajstić information content (AvgIpc) is 2.94. The first-order valence-electron chi connectivity index (χ1n) is 7.59. The minimum absolute atomic E-state index is 0.123. The summed E-state index contributed by atoms with van der Waals surface area (Å²) in [7, 11) is 1.79. The van der Waals surface area contributed by atoms with Crippen LogP contribution < -0.4 is 16.0 Å². The van der Waals surface area contributed by atoms with Crippen LogP contribution in [-0.2, 0) is 0 Å². The van der Waals surface area contributed by atoms with Gasteiger partial charge in [-0.1, -0.05) is 0 Å². The molecule has 1 fully saturated rings. The number of halogens is 2. The number of aromatic nitrogens is 3. The van der Waals surface area contributed by atoms with Gasteiger partial charge in [-0.2, -0.15) is 9.97 Å². The molecule has 0 radical (unpaired) electrons. The molecule has 1 saturated heterocycles. The molecule has 124 valence electrons. The second-order valence-electron chi connectivity index (χ2n) is 5.85. The van der Waals surface area contributed by atoms with E-state index >= 15 is 0 Å². The lowest BCUT2D eigenvalue weighted by atomic mass is 10.1. The van der Waals surface area contributed by atoms with Gasteiger partial charge in [-0.3, -0.25) is 0 Å². The molecule has 2 aromatic rings. The van der Waals surface area contributed by atoms with Crippen LogP contribution in [0, 0.1) is 13.8 Å². The van der Waals surface area contributed by atoms with Gasteiger partial charge in [0.1, 0.15) is 5.82 Å². The largest absolute Gasteiger partial charge is 0.372 e. The molecule has 6 nitrogen and oxygen atoms in total. The van der Waals surface area contributed by atoms with Crippen molar-refractivity contribution >= 4 is 22.8 Å². The van der Waals surface area contributed by atoms with Gasteiger partial charge in [0.15, 0.2) is 5.65 Å². The van der Waals surface area contributed by atoms with Crippen molar-refractivity contribution in [2.75, 3.05) is 24.2 Å². The maximum absolute atomic E-state index is 12.7. The minimum atomic E-state index is -2.36. The van der Waals surface area contributed by atoms with Crippen LogP contribution in [0.5, 0.6) is 0 Å². The molecule has 0 spiro atoms. The molecule has 3 N–H and O–H groups in total. The summed E-state index contributed by atoms with van der Waals surface area (Å²) >= 11 is 0. The molecular formula is C15H20F2N6. The zero-order chi connectivity index (χ0) is 16.6.